The van der Waals surface area contributed by atoms with Crippen LogP contribution < -0.4 is 4.31 Å². The number of sulfonamides is 1. The van der Waals surface area contributed by atoms with Gasteiger partial charge in [-0.3, -0.25) is 4.31 Å². The average molecular weight is 525 g/mol. The number of rotatable bonds is 5. The average Bonchev–Trinajstić information content (AvgIpc) is 3.42. The molecular formula is C28H23F3N2O3S. The van der Waals surface area contributed by atoms with Crippen LogP contribution in [0.25, 0.3) is 0 Å². The molecule has 1 aliphatic carbocycles. The lowest BCUT2D eigenvalue weighted by atomic mass is 9.93. The van der Waals surface area contributed by atoms with Crippen molar-refractivity contribution in [2.75, 3.05) is 4.31 Å². The van der Waals surface area contributed by atoms with Gasteiger partial charge in [-0.05, 0) is 61.2 Å². The maximum Gasteiger partial charge on any atom is 0.433 e. The smallest absolute Gasteiger partial charge is 0.366 e. The Bertz CT molecular complexity index is 1470. The molecule has 0 spiro atoms. The molecular weight excluding hydrogens is 501 g/mol. The molecule has 9 heteroatoms. The van der Waals surface area contributed by atoms with E-state index in [1.54, 1.807) is 18.2 Å². The summed E-state index contributed by atoms with van der Waals surface area (Å²) in [6.45, 7) is 0. The Balaban J connectivity index is 1.76. The van der Waals surface area contributed by atoms with Crippen molar-refractivity contribution in [3.8, 4) is 17.9 Å². The molecule has 1 fully saturated rings. The van der Waals surface area contributed by atoms with Gasteiger partial charge in [0.1, 0.15) is 0 Å². The van der Waals surface area contributed by atoms with Crippen LogP contribution in [-0.2, 0) is 15.6 Å². The van der Waals surface area contributed by atoms with E-state index in [4.69, 9.17) is 0 Å². The first-order chi connectivity index (χ1) is 17.6. The summed E-state index contributed by atoms with van der Waals surface area (Å²) < 4.78 is 70.5. The van der Waals surface area contributed by atoms with Crippen molar-refractivity contribution in [3.63, 3.8) is 0 Å². The molecule has 0 radical (unpaired) electrons. The predicted octanol–water partition coefficient (Wildman–Crippen LogP) is 5.50. The molecule has 5 nitrogen and oxygen atoms in total. The maximum absolute atomic E-state index is 14.0. The van der Waals surface area contributed by atoms with E-state index in [9.17, 15) is 32.0 Å². The quantitative estimate of drug-likeness (QED) is 0.447. The minimum absolute atomic E-state index is 0.0805. The summed E-state index contributed by atoms with van der Waals surface area (Å²) in [6, 6.07) is 19.7. The highest BCUT2D eigenvalue weighted by Gasteiger charge is 2.54. The van der Waals surface area contributed by atoms with Gasteiger partial charge in [-0.1, -0.05) is 55.2 Å². The van der Waals surface area contributed by atoms with E-state index in [-0.39, 0.29) is 22.2 Å². The van der Waals surface area contributed by atoms with Crippen LogP contribution in [0.1, 0.15) is 42.4 Å². The summed E-state index contributed by atoms with van der Waals surface area (Å²) in [5.41, 5.74) is -3.34. The van der Waals surface area contributed by atoms with Crippen molar-refractivity contribution in [2.24, 2.45) is 0 Å². The Morgan fingerprint density at radius 1 is 0.892 bits per heavy atom. The molecule has 3 aromatic rings. The zero-order valence-corrected chi connectivity index (χ0v) is 20.4. The normalized spacial score (nSPS) is 15.8. The van der Waals surface area contributed by atoms with Gasteiger partial charge in [0.15, 0.2) is 0 Å². The largest absolute Gasteiger partial charge is 0.433 e. The lowest BCUT2D eigenvalue weighted by Crippen LogP contribution is -2.41. The van der Waals surface area contributed by atoms with Crippen LogP contribution in [0.5, 0.6) is 0 Å². The lowest BCUT2D eigenvalue weighted by Gasteiger charge is -2.31. The maximum atomic E-state index is 14.0. The number of aliphatic hydroxyl groups is 1. The number of hydrogen-bond donors (Lipinski definition) is 1. The molecule has 0 bridgehead atoms. The van der Waals surface area contributed by atoms with E-state index >= 15 is 0 Å². The molecule has 1 atom stereocenters. The highest BCUT2D eigenvalue weighted by molar-refractivity contribution is 7.92. The molecule has 190 valence electrons. The van der Waals surface area contributed by atoms with Gasteiger partial charge in [-0.2, -0.15) is 18.4 Å². The van der Waals surface area contributed by atoms with Gasteiger partial charge in [-0.15, -0.1) is 0 Å². The number of nitrogens with zero attached hydrogens (tertiary/aromatic N) is 2. The molecule has 1 saturated carbocycles. The fourth-order valence-electron chi connectivity index (χ4n) is 4.36. The third-order valence-electron chi connectivity index (χ3n) is 6.29. The zero-order valence-electron chi connectivity index (χ0n) is 19.6. The minimum atomic E-state index is -5.11. The van der Waals surface area contributed by atoms with Crippen LogP contribution in [0.15, 0.2) is 83.8 Å². The SMILES string of the molecule is N#Cc1cccc(S(=O)(=O)N(c2ccc(C(O)(C#Cc3ccccc3)C(F)(F)F)cc2)C2CCCC2)c1. The first-order valence-electron chi connectivity index (χ1n) is 11.6. The van der Waals surface area contributed by atoms with Crippen LogP contribution in [0.2, 0.25) is 0 Å². The lowest BCUT2D eigenvalue weighted by molar-refractivity contribution is -0.240. The van der Waals surface area contributed by atoms with Crippen LogP contribution in [-0.4, -0.2) is 25.7 Å². The van der Waals surface area contributed by atoms with E-state index < -0.39 is 27.4 Å². The predicted molar refractivity (Wildman–Crippen MR) is 133 cm³/mol. The second kappa shape index (κ2) is 10.3. The topological polar surface area (TPSA) is 81.4 Å². The molecule has 0 heterocycles. The molecule has 3 aromatic carbocycles. The monoisotopic (exact) mass is 524 g/mol. The molecule has 1 unspecified atom stereocenters. The number of halogens is 3. The van der Waals surface area contributed by atoms with Crippen LogP contribution in [0, 0.1) is 23.2 Å². The third kappa shape index (κ3) is 5.34. The molecule has 1 N–H and O–H groups in total. The van der Waals surface area contributed by atoms with Gasteiger partial charge >= 0.3 is 6.18 Å². The summed E-state index contributed by atoms with van der Waals surface area (Å²) in [5.74, 6) is 4.34. The molecule has 0 saturated heterocycles. The fraction of sp³-hybridized carbons (Fsp3) is 0.250. The molecule has 0 aliphatic heterocycles. The van der Waals surface area contributed by atoms with E-state index in [2.05, 4.69) is 5.92 Å². The van der Waals surface area contributed by atoms with Crippen molar-refractivity contribution in [3.05, 3.63) is 95.6 Å². The molecule has 1 aliphatic rings. The van der Waals surface area contributed by atoms with Crippen LogP contribution in [0.3, 0.4) is 0 Å². The van der Waals surface area contributed by atoms with E-state index in [1.165, 1.54) is 52.8 Å². The third-order valence-corrected chi connectivity index (χ3v) is 8.16. The Hall–Kier alpha value is -3.79. The standard InChI is InChI=1S/C28H23F3N2O3S/c29-28(30,31)27(34,18-17-21-7-2-1-3-8-21)23-13-15-25(16-14-23)33(24-10-4-5-11-24)37(35,36)26-12-6-9-22(19-26)20-32/h1-3,6-9,12-16,19,24,34H,4-5,10-11H2. The van der Waals surface area contributed by atoms with Gasteiger partial charge < -0.3 is 5.11 Å². The van der Waals surface area contributed by atoms with Gasteiger partial charge in [0, 0.05) is 17.2 Å². The van der Waals surface area contributed by atoms with E-state index in [0.29, 0.717) is 18.4 Å². The van der Waals surface area contributed by atoms with Gasteiger partial charge in [0.05, 0.1) is 22.2 Å². The van der Waals surface area contributed by atoms with Gasteiger partial charge in [0.25, 0.3) is 10.0 Å². The summed E-state index contributed by atoms with van der Waals surface area (Å²) >= 11 is 0. The molecule has 0 aromatic heterocycles. The zero-order chi connectivity index (χ0) is 26.7. The van der Waals surface area contributed by atoms with Crippen LogP contribution in [0.4, 0.5) is 18.9 Å². The Kier molecular flexibility index (Phi) is 7.31. The highest BCUT2D eigenvalue weighted by atomic mass is 32.2. The van der Waals surface area contributed by atoms with Gasteiger partial charge in [-0.25, -0.2) is 8.42 Å². The highest BCUT2D eigenvalue weighted by Crippen LogP contribution is 2.40. The van der Waals surface area contributed by atoms with E-state index in [1.807, 2.05) is 12.0 Å². The second-order valence-corrected chi connectivity index (χ2v) is 10.6. The Labute approximate surface area is 213 Å². The number of nitriles is 1. The molecule has 37 heavy (non-hydrogen) atoms. The van der Waals surface area contributed by atoms with Crippen molar-refractivity contribution in [1.29, 1.82) is 5.26 Å². The van der Waals surface area contributed by atoms with Crippen molar-refractivity contribution in [2.45, 2.75) is 48.4 Å². The second-order valence-electron chi connectivity index (χ2n) is 8.75. The van der Waals surface area contributed by atoms with Gasteiger partial charge in [0.2, 0.25) is 5.60 Å². The van der Waals surface area contributed by atoms with Crippen LogP contribution >= 0.6 is 0 Å². The number of benzene rings is 3. The van der Waals surface area contributed by atoms with E-state index in [0.717, 1.165) is 25.0 Å². The Morgan fingerprint density at radius 2 is 1.51 bits per heavy atom. The number of alkyl halides is 3. The number of hydrogen-bond acceptors (Lipinski definition) is 4. The first kappa shape index (κ1) is 26.3. The number of anilines is 1. The molecule has 4 rings (SSSR count). The van der Waals surface area contributed by atoms with Crippen molar-refractivity contribution < 1.29 is 26.7 Å². The fourth-order valence-corrected chi connectivity index (χ4v) is 6.12. The minimum Gasteiger partial charge on any atom is -0.366 e. The summed E-state index contributed by atoms with van der Waals surface area (Å²) in [7, 11) is -4.12. The summed E-state index contributed by atoms with van der Waals surface area (Å²) in [5, 5.41) is 19.9. The molecule has 0 amide bonds. The summed E-state index contributed by atoms with van der Waals surface area (Å²) in [4.78, 5) is -0.0805. The summed E-state index contributed by atoms with van der Waals surface area (Å²) in [6.07, 6.45) is -2.29. The van der Waals surface area contributed by atoms with Crippen molar-refractivity contribution in [1.82, 2.24) is 0 Å². The van der Waals surface area contributed by atoms with Crippen molar-refractivity contribution >= 4 is 15.7 Å². The Morgan fingerprint density at radius 3 is 2.11 bits per heavy atom. The first-order valence-corrected chi connectivity index (χ1v) is 13.0.